The quantitative estimate of drug-likeness (QED) is 0.815. The van der Waals surface area contributed by atoms with E-state index in [0.29, 0.717) is 19.0 Å². The first-order chi connectivity index (χ1) is 7.89. The lowest BCUT2D eigenvalue weighted by Crippen LogP contribution is -2.18. The van der Waals surface area contributed by atoms with Gasteiger partial charge in [0.15, 0.2) is 0 Å². The van der Waals surface area contributed by atoms with Crippen LogP contribution in [0.5, 0.6) is 5.75 Å². The van der Waals surface area contributed by atoms with Gasteiger partial charge in [-0.3, -0.25) is 0 Å². The van der Waals surface area contributed by atoms with Crippen LogP contribution >= 0.6 is 11.6 Å². The van der Waals surface area contributed by atoms with Gasteiger partial charge in [-0.15, -0.1) is 0 Å². The summed E-state index contributed by atoms with van der Waals surface area (Å²) in [5, 5.41) is 12.2. The maximum Gasteiger partial charge on any atom is 0.416 e. The van der Waals surface area contributed by atoms with Crippen molar-refractivity contribution in [1.29, 1.82) is 0 Å². The van der Waals surface area contributed by atoms with Gasteiger partial charge in [-0.2, -0.15) is 13.2 Å². The van der Waals surface area contributed by atoms with E-state index in [-0.39, 0.29) is 16.6 Å². The smallest absolute Gasteiger partial charge is 0.416 e. The molecule has 6 heteroatoms. The monoisotopic (exact) mass is 265 g/mol. The predicted octanol–water partition coefficient (Wildman–Crippen LogP) is 3.49. The SMILES string of the molecule is Oc1cc(C(F)(F)F)c(C2CCCN2)cc1Cl. The van der Waals surface area contributed by atoms with Gasteiger partial charge >= 0.3 is 6.18 Å². The first-order valence-corrected chi connectivity index (χ1v) is 5.60. The van der Waals surface area contributed by atoms with Crippen LogP contribution in [0.15, 0.2) is 12.1 Å². The largest absolute Gasteiger partial charge is 0.506 e. The molecule has 1 atom stereocenters. The van der Waals surface area contributed by atoms with Crippen LogP contribution in [0, 0.1) is 0 Å². The van der Waals surface area contributed by atoms with Gasteiger partial charge in [-0.1, -0.05) is 11.6 Å². The summed E-state index contributed by atoms with van der Waals surface area (Å²) in [7, 11) is 0. The summed E-state index contributed by atoms with van der Waals surface area (Å²) >= 11 is 5.67. The van der Waals surface area contributed by atoms with Crippen LogP contribution in [0.25, 0.3) is 0 Å². The molecule has 0 aliphatic carbocycles. The minimum Gasteiger partial charge on any atom is -0.506 e. The third-order valence-electron chi connectivity index (χ3n) is 2.86. The first-order valence-electron chi connectivity index (χ1n) is 5.22. The number of rotatable bonds is 1. The fourth-order valence-electron chi connectivity index (χ4n) is 2.06. The molecule has 94 valence electrons. The van der Waals surface area contributed by atoms with E-state index in [2.05, 4.69) is 5.32 Å². The number of phenolic OH excluding ortho intramolecular Hbond substituents is 1. The fraction of sp³-hybridized carbons (Fsp3) is 0.455. The van der Waals surface area contributed by atoms with E-state index in [1.54, 1.807) is 0 Å². The molecule has 1 aromatic carbocycles. The molecule has 0 spiro atoms. The van der Waals surface area contributed by atoms with E-state index < -0.39 is 17.5 Å². The Morgan fingerprint density at radius 3 is 2.59 bits per heavy atom. The molecule has 0 saturated carbocycles. The second-order valence-electron chi connectivity index (χ2n) is 4.04. The highest BCUT2D eigenvalue weighted by molar-refractivity contribution is 6.32. The Labute approximate surface area is 101 Å². The molecule has 1 saturated heterocycles. The maximum absolute atomic E-state index is 12.8. The van der Waals surface area contributed by atoms with Crippen LogP contribution < -0.4 is 5.32 Å². The third kappa shape index (κ3) is 2.50. The summed E-state index contributed by atoms with van der Waals surface area (Å²) in [6.45, 7) is 0.695. The van der Waals surface area contributed by atoms with Gasteiger partial charge in [-0.05, 0) is 37.1 Å². The summed E-state index contributed by atoms with van der Waals surface area (Å²) in [6, 6.07) is 1.55. The summed E-state index contributed by atoms with van der Waals surface area (Å²) < 4.78 is 38.5. The number of halogens is 4. The van der Waals surface area contributed by atoms with E-state index in [1.807, 2.05) is 0 Å². The Hall–Kier alpha value is -0.940. The Bertz CT molecular complexity index is 427. The average molecular weight is 266 g/mol. The molecular weight excluding hydrogens is 255 g/mol. The molecular formula is C11H11ClF3NO. The van der Waals surface area contributed by atoms with Crippen molar-refractivity contribution in [3.63, 3.8) is 0 Å². The van der Waals surface area contributed by atoms with E-state index in [0.717, 1.165) is 6.42 Å². The number of nitrogens with one attached hydrogen (secondary N) is 1. The summed E-state index contributed by atoms with van der Waals surface area (Å²) in [5.74, 6) is -0.541. The summed E-state index contributed by atoms with van der Waals surface area (Å²) in [5.41, 5.74) is -0.711. The highest BCUT2D eigenvalue weighted by atomic mass is 35.5. The van der Waals surface area contributed by atoms with Crippen LogP contribution in [0.2, 0.25) is 5.02 Å². The molecule has 0 radical (unpaired) electrons. The molecule has 17 heavy (non-hydrogen) atoms. The standard InChI is InChI=1S/C11H11ClF3NO/c12-8-4-6(9-2-1-3-16-9)7(5-10(8)17)11(13,14)15/h4-5,9,16-17H,1-3H2. The molecule has 2 N–H and O–H groups in total. The van der Waals surface area contributed by atoms with Gasteiger partial charge in [0.2, 0.25) is 0 Å². The number of phenols is 1. The molecule has 1 aliphatic rings. The number of benzene rings is 1. The highest BCUT2D eigenvalue weighted by Gasteiger charge is 2.36. The minimum absolute atomic E-state index is 0.0540. The normalized spacial score (nSPS) is 20.8. The molecule has 2 nitrogen and oxygen atoms in total. The first kappa shape index (κ1) is 12.5. The van der Waals surface area contributed by atoms with Crippen LogP contribution in [0.4, 0.5) is 13.2 Å². The van der Waals surface area contributed by atoms with E-state index >= 15 is 0 Å². The van der Waals surface area contributed by atoms with Gasteiger partial charge in [-0.25, -0.2) is 0 Å². The Kier molecular flexibility index (Phi) is 3.23. The highest BCUT2D eigenvalue weighted by Crippen LogP contribution is 2.41. The zero-order valence-corrected chi connectivity index (χ0v) is 9.57. The molecule has 1 unspecified atom stereocenters. The van der Waals surface area contributed by atoms with Crippen molar-refractivity contribution in [2.75, 3.05) is 6.54 Å². The van der Waals surface area contributed by atoms with E-state index in [1.165, 1.54) is 6.07 Å². The van der Waals surface area contributed by atoms with E-state index in [4.69, 9.17) is 11.6 Å². The lowest BCUT2D eigenvalue weighted by molar-refractivity contribution is -0.138. The maximum atomic E-state index is 12.8. The molecule has 1 aromatic rings. The second kappa shape index (κ2) is 4.38. The van der Waals surface area contributed by atoms with Crippen LogP contribution in [-0.4, -0.2) is 11.7 Å². The Balaban J connectivity index is 2.51. The summed E-state index contributed by atoms with van der Waals surface area (Å²) in [4.78, 5) is 0. The van der Waals surface area contributed by atoms with Gasteiger partial charge in [0.25, 0.3) is 0 Å². The van der Waals surface area contributed by atoms with Crippen LogP contribution in [0.3, 0.4) is 0 Å². The third-order valence-corrected chi connectivity index (χ3v) is 3.16. The number of hydrogen-bond acceptors (Lipinski definition) is 2. The molecule has 1 heterocycles. The van der Waals surface area contributed by atoms with Gasteiger partial charge < -0.3 is 10.4 Å². The molecule has 1 aliphatic heterocycles. The van der Waals surface area contributed by atoms with Crippen molar-refractivity contribution in [3.05, 3.63) is 28.3 Å². The minimum atomic E-state index is -4.48. The lowest BCUT2D eigenvalue weighted by Gasteiger charge is -2.18. The van der Waals surface area contributed by atoms with Crippen molar-refractivity contribution in [1.82, 2.24) is 5.32 Å². The van der Waals surface area contributed by atoms with Crippen molar-refractivity contribution in [2.24, 2.45) is 0 Å². The molecule has 2 rings (SSSR count). The Morgan fingerprint density at radius 1 is 1.35 bits per heavy atom. The molecule has 0 aromatic heterocycles. The van der Waals surface area contributed by atoms with E-state index in [9.17, 15) is 18.3 Å². The van der Waals surface area contributed by atoms with Gasteiger partial charge in [0.1, 0.15) is 5.75 Å². The second-order valence-corrected chi connectivity index (χ2v) is 4.44. The lowest BCUT2D eigenvalue weighted by atomic mass is 9.98. The number of alkyl halides is 3. The zero-order valence-electron chi connectivity index (χ0n) is 8.81. The van der Waals surface area contributed by atoms with Crippen molar-refractivity contribution >= 4 is 11.6 Å². The Morgan fingerprint density at radius 2 is 2.06 bits per heavy atom. The topological polar surface area (TPSA) is 32.3 Å². The zero-order chi connectivity index (χ0) is 12.6. The fourth-order valence-corrected chi connectivity index (χ4v) is 2.23. The van der Waals surface area contributed by atoms with Gasteiger partial charge in [0.05, 0.1) is 10.6 Å². The van der Waals surface area contributed by atoms with Crippen molar-refractivity contribution in [3.8, 4) is 5.75 Å². The predicted molar refractivity (Wildman–Crippen MR) is 58.1 cm³/mol. The van der Waals surface area contributed by atoms with Gasteiger partial charge in [0, 0.05) is 6.04 Å². The molecule has 0 amide bonds. The van der Waals surface area contributed by atoms with Crippen molar-refractivity contribution < 1.29 is 18.3 Å². The van der Waals surface area contributed by atoms with Crippen molar-refractivity contribution in [2.45, 2.75) is 25.1 Å². The molecule has 1 fully saturated rings. The number of aromatic hydroxyl groups is 1. The summed E-state index contributed by atoms with van der Waals surface area (Å²) in [6.07, 6.45) is -3.01. The number of hydrogen-bond donors (Lipinski definition) is 2. The van der Waals surface area contributed by atoms with Crippen LogP contribution in [0.1, 0.15) is 30.0 Å². The molecule has 0 bridgehead atoms. The average Bonchev–Trinajstić information content (AvgIpc) is 2.73. The van der Waals surface area contributed by atoms with Crippen LogP contribution in [-0.2, 0) is 6.18 Å².